The Morgan fingerprint density at radius 2 is 1.62 bits per heavy atom. The highest BCUT2D eigenvalue weighted by molar-refractivity contribution is 7.92. The Labute approximate surface area is 255 Å². The molecule has 3 rings (SSSR count). The summed E-state index contributed by atoms with van der Waals surface area (Å²) in [5.41, 5.74) is 4.05. The van der Waals surface area contributed by atoms with Gasteiger partial charge in [0.15, 0.2) is 0 Å². The summed E-state index contributed by atoms with van der Waals surface area (Å²) in [5.74, 6) is -0.239. The van der Waals surface area contributed by atoms with Crippen LogP contribution in [0, 0.1) is 19.8 Å². The molecule has 1 atom stereocenters. The Morgan fingerprint density at radius 1 is 0.952 bits per heavy atom. The first-order valence-electron chi connectivity index (χ1n) is 14.3. The molecular formula is C33H42ClN3O4S. The maximum absolute atomic E-state index is 14.0. The van der Waals surface area contributed by atoms with E-state index in [1.165, 1.54) is 10.6 Å². The van der Waals surface area contributed by atoms with E-state index in [1.54, 1.807) is 11.0 Å². The second-order valence-electron chi connectivity index (χ2n) is 11.2. The normalized spacial score (nSPS) is 12.2. The third kappa shape index (κ3) is 9.60. The second kappa shape index (κ2) is 15.2. The lowest BCUT2D eigenvalue weighted by atomic mass is 10.0. The number of rotatable bonds is 14. The largest absolute Gasteiger partial charge is 0.354 e. The Hall–Kier alpha value is -3.36. The summed E-state index contributed by atoms with van der Waals surface area (Å²) in [5, 5.41) is 3.52. The van der Waals surface area contributed by atoms with Crippen molar-refractivity contribution in [3.8, 4) is 0 Å². The fraction of sp³-hybridized carbons (Fsp3) is 0.394. The van der Waals surface area contributed by atoms with Crippen LogP contribution in [0.3, 0.4) is 0 Å². The van der Waals surface area contributed by atoms with E-state index in [9.17, 15) is 18.0 Å². The SMILES string of the molecule is Cc1ccc(C)c(N(CCCC(=O)N(Cc2ccccc2Cl)[C@@H](Cc2ccccc2)C(=O)NCC(C)C)S(C)(=O)=O)c1. The summed E-state index contributed by atoms with van der Waals surface area (Å²) in [7, 11) is -3.59. The first kappa shape index (κ1) is 33.1. The molecule has 0 saturated heterocycles. The van der Waals surface area contributed by atoms with Crippen LogP contribution < -0.4 is 9.62 Å². The molecule has 0 heterocycles. The predicted molar refractivity (Wildman–Crippen MR) is 171 cm³/mol. The molecule has 3 aromatic carbocycles. The van der Waals surface area contributed by atoms with E-state index in [0.717, 1.165) is 22.3 Å². The minimum absolute atomic E-state index is 0.0596. The highest BCUT2D eigenvalue weighted by Crippen LogP contribution is 2.25. The molecule has 0 fully saturated rings. The van der Waals surface area contributed by atoms with Gasteiger partial charge in [-0.05, 0) is 60.6 Å². The number of aryl methyl sites for hydroxylation is 2. The smallest absolute Gasteiger partial charge is 0.243 e. The molecule has 0 aliphatic rings. The number of hydrogen-bond acceptors (Lipinski definition) is 4. The summed E-state index contributed by atoms with van der Waals surface area (Å²) in [6.45, 7) is 8.59. The molecule has 0 aliphatic heterocycles. The van der Waals surface area contributed by atoms with Crippen LogP contribution >= 0.6 is 11.6 Å². The van der Waals surface area contributed by atoms with Crippen molar-refractivity contribution in [2.75, 3.05) is 23.7 Å². The van der Waals surface area contributed by atoms with Gasteiger partial charge in [0.05, 0.1) is 11.9 Å². The van der Waals surface area contributed by atoms with Crippen LogP contribution in [0.15, 0.2) is 72.8 Å². The van der Waals surface area contributed by atoms with Gasteiger partial charge in [0.1, 0.15) is 6.04 Å². The molecule has 0 radical (unpaired) electrons. The minimum Gasteiger partial charge on any atom is -0.354 e. The quantitative estimate of drug-likeness (QED) is 0.245. The van der Waals surface area contributed by atoms with Gasteiger partial charge < -0.3 is 10.2 Å². The maximum Gasteiger partial charge on any atom is 0.243 e. The minimum atomic E-state index is -3.59. The molecule has 3 aromatic rings. The zero-order valence-electron chi connectivity index (χ0n) is 25.1. The van der Waals surface area contributed by atoms with Gasteiger partial charge in [0.2, 0.25) is 21.8 Å². The first-order chi connectivity index (χ1) is 19.9. The number of anilines is 1. The van der Waals surface area contributed by atoms with Gasteiger partial charge in [-0.2, -0.15) is 0 Å². The molecule has 2 amide bonds. The van der Waals surface area contributed by atoms with Crippen LogP contribution in [0.2, 0.25) is 5.02 Å². The average molecular weight is 612 g/mol. The van der Waals surface area contributed by atoms with Crippen LogP contribution in [-0.2, 0) is 32.6 Å². The van der Waals surface area contributed by atoms with Crippen molar-refractivity contribution < 1.29 is 18.0 Å². The van der Waals surface area contributed by atoms with E-state index in [0.29, 0.717) is 23.7 Å². The van der Waals surface area contributed by atoms with Crippen LogP contribution in [0.4, 0.5) is 5.69 Å². The van der Waals surface area contributed by atoms with Crippen molar-refractivity contribution in [1.29, 1.82) is 0 Å². The number of hydrogen-bond donors (Lipinski definition) is 1. The highest BCUT2D eigenvalue weighted by Gasteiger charge is 2.31. The lowest BCUT2D eigenvalue weighted by Gasteiger charge is -2.32. The third-order valence-electron chi connectivity index (χ3n) is 7.04. The summed E-state index contributed by atoms with van der Waals surface area (Å²) in [6.07, 6.45) is 1.85. The number of carbonyl (C=O) groups excluding carboxylic acids is 2. The third-order valence-corrected chi connectivity index (χ3v) is 8.59. The summed E-state index contributed by atoms with van der Waals surface area (Å²) < 4.78 is 26.9. The molecule has 1 N–H and O–H groups in total. The Kier molecular flexibility index (Phi) is 12.0. The molecule has 0 bridgehead atoms. The fourth-order valence-corrected chi connectivity index (χ4v) is 5.97. The van der Waals surface area contributed by atoms with Crippen molar-refractivity contribution in [1.82, 2.24) is 10.2 Å². The Morgan fingerprint density at radius 3 is 2.26 bits per heavy atom. The van der Waals surface area contributed by atoms with Crippen molar-refractivity contribution in [3.05, 3.63) is 100 Å². The zero-order valence-corrected chi connectivity index (χ0v) is 26.7. The maximum atomic E-state index is 14.0. The van der Waals surface area contributed by atoms with Crippen LogP contribution in [0.1, 0.15) is 48.9 Å². The molecule has 0 saturated carbocycles. The number of amides is 2. The van der Waals surface area contributed by atoms with E-state index in [1.807, 2.05) is 94.4 Å². The lowest BCUT2D eigenvalue weighted by molar-refractivity contribution is -0.141. The van der Waals surface area contributed by atoms with Crippen LogP contribution in [0.25, 0.3) is 0 Å². The number of carbonyl (C=O) groups is 2. The molecule has 42 heavy (non-hydrogen) atoms. The molecule has 0 aliphatic carbocycles. The number of nitrogens with zero attached hydrogens (tertiary/aromatic N) is 2. The highest BCUT2D eigenvalue weighted by atomic mass is 35.5. The molecule has 0 unspecified atom stereocenters. The van der Waals surface area contributed by atoms with Gasteiger partial charge in [-0.25, -0.2) is 8.42 Å². The molecule has 0 spiro atoms. The van der Waals surface area contributed by atoms with Crippen molar-refractivity contribution in [3.63, 3.8) is 0 Å². The predicted octanol–water partition coefficient (Wildman–Crippen LogP) is 5.92. The van der Waals surface area contributed by atoms with Gasteiger partial charge in [-0.15, -0.1) is 0 Å². The summed E-state index contributed by atoms with van der Waals surface area (Å²) in [4.78, 5) is 29.2. The average Bonchev–Trinajstić information content (AvgIpc) is 2.94. The van der Waals surface area contributed by atoms with Crippen molar-refractivity contribution in [2.45, 2.75) is 59.5 Å². The standard InChI is InChI=1S/C33H42ClN3O4S/c1-24(2)22-35-33(39)31(21-27-12-7-6-8-13-27)36(23-28-14-9-10-15-29(28)34)32(38)16-11-19-37(42(5,40)41)30-20-25(3)17-18-26(30)4/h6-10,12-15,17-18,20,24,31H,11,16,19,21-23H2,1-5H3,(H,35,39)/t31-/m0/s1. The van der Waals surface area contributed by atoms with Gasteiger partial charge in [0, 0.05) is 37.5 Å². The first-order valence-corrected chi connectivity index (χ1v) is 16.5. The topological polar surface area (TPSA) is 86.8 Å². The van der Waals surface area contributed by atoms with E-state index in [-0.39, 0.29) is 43.7 Å². The zero-order chi connectivity index (χ0) is 30.9. The van der Waals surface area contributed by atoms with Gasteiger partial charge in [-0.3, -0.25) is 13.9 Å². The summed E-state index contributed by atoms with van der Waals surface area (Å²) in [6, 6.07) is 21.8. The van der Waals surface area contributed by atoms with E-state index >= 15 is 0 Å². The van der Waals surface area contributed by atoms with Crippen LogP contribution in [0.5, 0.6) is 0 Å². The molecule has 7 nitrogen and oxygen atoms in total. The van der Waals surface area contributed by atoms with E-state index < -0.39 is 16.1 Å². The van der Waals surface area contributed by atoms with Crippen molar-refractivity contribution in [2.24, 2.45) is 5.92 Å². The molecule has 226 valence electrons. The lowest BCUT2D eigenvalue weighted by Crippen LogP contribution is -2.51. The Bertz CT molecular complexity index is 1460. The number of halogens is 1. The molecule has 9 heteroatoms. The second-order valence-corrected chi connectivity index (χ2v) is 13.5. The van der Waals surface area contributed by atoms with Gasteiger partial charge >= 0.3 is 0 Å². The Balaban J connectivity index is 1.91. The number of sulfonamides is 1. The van der Waals surface area contributed by atoms with E-state index in [4.69, 9.17) is 11.6 Å². The molecular weight excluding hydrogens is 570 g/mol. The number of nitrogens with one attached hydrogen (secondary N) is 1. The van der Waals surface area contributed by atoms with E-state index in [2.05, 4.69) is 5.32 Å². The van der Waals surface area contributed by atoms with Gasteiger partial charge in [0.25, 0.3) is 0 Å². The van der Waals surface area contributed by atoms with Gasteiger partial charge in [-0.1, -0.05) is 86.1 Å². The molecule has 0 aromatic heterocycles. The summed E-state index contributed by atoms with van der Waals surface area (Å²) >= 11 is 6.50. The fourth-order valence-electron chi connectivity index (χ4n) is 4.76. The monoisotopic (exact) mass is 611 g/mol. The van der Waals surface area contributed by atoms with Crippen molar-refractivity contribution >= 4 is 39.1 Å². The number of benzene rings is 3. The van der Waals surface area contributed by atoms with Crippen LogP contribution in [-0.4, -0.2) is 50.5 Å².